The largest absolute Gasteiger partial charge is 0.382 e. The van der Waals surface area contributed by atoms with E-state index in [2.05, 4.69) is 25.3 Å². The summed E-state index contributed by atoms with van der Waals surface area (Å²) >= 11 is 0. The van der Waals surface area contributed by atoms with Crippen LogP contribution in [0, 0.1) is 6.92 Å². The zero-order chi connectivity index (χ0) is 15.1. The lowest BCUT2D eigenvalue weighted by molar-refractivity contribution is -0.0447. The fourth-order valence-corrected chi connectivity index (χ4v) is 2.25. The van der Waals surface area contributed by atoms with E-state index >= 15 is 0 Å². The molecule has 0 bridgehead atoms. The standard InChI is InChI=1S/C13H23N5O3/c1-10-16-12(21-17-10)4-5-15-13(14-2)18-6-7-20-11(8-18)9-19-3/h11H,4-9H2,1-3H3,(H,14,15). The second kappa shape index (κ2) is 7.94. The molecule has 2 heterocycles. The number of hydrogen-bond acceptors (Lipinski definition) is 6. The summed E-state index contributed by atoms with van der Waals surface area (Å²) in [4.78, 5) is 10.7. The predicted molar refractivity (Wildman–Crippen MR) is 77.3 cm³/mol. The van der Waals surface area contributed by atoms with Crippen molar-refractivity contribution in [2.75, 3.05) is 47.0 Å². The number of aromatic nitrogens is 2. The van der Waals surface area contributed by atoms with E-state index in [0.717, 1.165) is 19.0 Å². The third-order valence-corrected chi connectivity index (χ3v) is 3.19. The Hall–Kier alpha value is -1.67. The summed E-state index contributed by atoms with van der Waals surface area (Å²) in [7, 11) is 3.46. The fraction of sp³-hybridized carbons (Fsp3) is 0.769. The van der Waals surface area contributed by atoms with Crippen LogP contribution >= 0.6 is 0 Å². The molecule has 0 saturated carbocycles. The van der Waals surface area contributed by atoms with Crippen molar-refractivity contribution in [2.24, 2.45) is 4.99 Å². The maximum atomic E-state index is 5.64. The molecule has 1 aromatic heterocycles. The molecule has 1 fully saturated rings. The number of hydrogen-bond donors (Lipinski definition) is 1. The van der Waals surface area contributed by atoms with Gasteiger partial charge in [0.2, 0.25) is 5.89 Å². The Morgan fingerprint density at radius 3 is 3.10 bits per heavy atom. The summed E-state index contributed by atoms with van der Waals surface area (Å²) in [5.74, 6) is 2.15. The number of morpholine rings is 1. The average Bonchev–Trinajstić information content (AvgIpc) is 2.90. The van der Waals surface area contributed by atoms with Crippen LogP contribution in [-0.4, -0.2) is 74.1 Å². The van der Waals surface area contributed by atoms with E-state index in [-0.39, 0.29) is 6.10 Å². The number of nitrogens with one attached hydrogen (secondary N) is 1. The molecule has 1 saturated heterocycles. The maximum Gasteiger partial charge on any atom is 0.228 e. The average molecular weight is 297 g/mol. The molecule has 2 rings (SSSR count). The van der Waals surface area contributed by atoms with Crippen LogP contribution in [0.4, 0.5) is 0 Å². The summed E-state index contributed by atoms with van der Waals surface area (Å²) in [5.41, 5.74) is 0. The van der Waals surface area contributed by atoms with Crippen molar-refractivity contribution < 1.29 is 14.0 Å². The molecule has 0 amide bonds. The summed E-state index contributed by atoms with van der Waals surface area (Å²) in [6, 6.07) is 0. The minimum absolute atomic E-state index is 0.0842. The van der Waals surface area contributed by atoms with Gasteiger partial charge in [-0.25, -0.2) is 0 Å². The number of aliphatic imine (C=N–C) groups is 1. The highest BCUT2D eigenvalue weighted by Crippen LogP contribution is 2.06. The van der Waals surface area contributed by atoms with Crippen molar-refractivity contribution in [3.05, 3.63) is 11.7 Å². The van der Waals surface area contributed by atoms with E-state index in [4.69, 9.17) is 14.0 Å². The molecular formula is C13H23N5O3. The predicted octanol–water partition coefficient (Wildman–Crippen LogP) is -0.157. The Morgan fingerprint density at radius 1 is 1.57 bits per heavy atom. The molecule has 0 aliphatic carbocycles. The van der Waals surface area contributed by atoms with Crippen molar-refractivity contribution in [3.63, 3.8) is 0 Å². The lowest BCUT2D eigenvalue weighted by Crippen LogP contribution is -2.51. The number of aryl methyl sites for hydroxylation is 1. The van der Waals surface area contributed by atoms with Gasteiger partial charge in [0.05, 0.1) is 19.3 Å². The number of nitrogens with zero attached hydrogens (tertiary/aromatic N) is 4. The van der Waals surface area contributed by atoms with Gasteiger partial charge in [-0.2, -0.15) is 4.98 Å². The van der Waals surface area contributed by atoms with Crippen LogP contribution in [-0.2, 0) is 15.9 Å². The second-order valence-electron chi connectivity index (χ2n) is 4.85. The SMILES string of the molecule is CN=C(NCCc1nc(C)no1)N1CCOC(COC)C1. The summed E-state index contributed by atoms with van der Waals surface area (Å²) in [5, 5.41) is 7.08. The molecule has 8 nitrogen and oxygen atoms in total. The van der Waals surface area contributed by atoms with E-state index in [9.17, 15) is 0 Å². The third-order valence-electron chi connectivity index (χ3n) is 3.19. The second-order valence-corrected chi connectivity index (χ2v) is 4.85. The van der Waals surface area contributed by atoms with Crippen LogP contribution in [0.5, 0.6) is 0 Å². The van der Waals surface area contributed by atoms with Gasteiger partial charge < -0.3 is 24.2 Å². The minimum atomic E-state index is 0.0842. The molecule has 1 aliphatic heterocycles. The minimum Gasteiger partial charge on any atom is -0.382 e. The van der Waals surface area contributed by atoms with Gasteiger partial charge in [-0.15, -0.1) is 0 Å². The van der Waals surface area contributed by atoms with Crippen LogP contribution in [0.2, 0.25) is 0 Å². The van der Waals surface area contributed by atoms with Crippen LogP contribution in [0.1, 0.15) is 11.7 Å². The molecule has 0 aromatic carbocycles. The Kier molecular flexibility index (Phi) is 5.94. The maximum absolute atomic E-state index is 5.64. The van der Waals surface area contributed by atoms with Gasteiger partial charge in [-0.3, -0.25) is 4.99 Å². The van der Waals surface area contributed by atoms with Gasteiger partial charge in [0.1, 0.15) is 0 Å². The van der Waals surface area contributed by atoms with Crippen LogP contribution < -0.4 is 5.32 Å². The van der Waals surface area contributed by atoms with E-state index in [0.29, 0.717) is 37.9 Å². The van der Waals surface area contributed by atoms with E-state index in [1.807, 2.05) is 6.92 Å². The highest BCUT2D eigenvalue weighted by molar-refractivity contribution is 5.80. The van der Waals surface area contributed by atoms with Crippen molar-refractivity contribution in [1.82, 2.24) is 20.4 Å². The zero-order valence-electron chi connectivity index (χ0n) is 12.8. The number of rotatable bonds is 5. The van der Waals surface area contributed by atoms with Gasteiger partial charge in [-0.05, 0) is 6.92 Å². The Labute approximate surface area is 124 Å². The first-order chi connectivity index (χ1) is 10.2. The Balaban J connectivity index is 1.79. The van der Waals surface area contributed by atoms with Crippen molar-refractivity contribution in [3.8, 4) is 0 Å². The quantitative estimate of drug-likeness (QED) is 0.597. The smallest absolute Gasteiger partial charge is 0.228 e. The lowest BCUT2D eigenvalue weighted by atomic mass is 10.3. The molecule has 0 radical (unpaired) electrons. The van der Waals surface area contributed by atoms with Gasteiger partial charge >= 0.3 is 0 Å². The highest BCUT2D eigenvalue weighted by Gasteiger charge is 2.22. The lowest BCUT2D eigenvalue weighted by Gasteiger charge is -2.34. The normalized spacial score (nSPS) is 19.9. The monoisotopic (exact) mass is 297 g/mol. The van der Waals surface area contributed by atoms with Crippen molar-refractivity contribution in [1.29, 1.82) is 0 Å². The summed E-state index contributed by atoms with van der Waals surface area (Å²) in [6.45, 7) is 5.36. The first kappa shape index (κ1) is 15.7. The van der Waals surface area contributed by atoms with Crippen molar-refractivity contribution >= 4 is 5.96 Å². The molecule has 1 aromatic rings. The van der Waals surface area contributed by atoms with E-state index in [1.54, 1.807) is 14.2 Å². The summed E-state index contributed by atoms with van der Waals surface area (Å²) < 4.78 is 15.9. The van der Waals surface area contributed by atoms with Gasteiger partial charge in [0, 0.05) is 40.2 Å². The molecule has 8 heteroatoms. The fourth-order valence-electron chi connectivity index (χ4n) is 2.25. The molecule has 1 N–H and O–H groups in total. The van der Waals surface area contributed by atoms with Crippen LogP contribution in [0.15, 0.2) is 9.52 Å². The number of ether oxygens (including phenoxy) is 2. The Morgan fingerprint density at radius 2 is 2.43 bits per heavy atom. The number of guanidine groups is 1. The molecule has 21 heavy (non-hydrogen) atoms. The van der Waals surface area contributed by atoms with Crippen LogP contribution in [0.25, 0.3) is 0 Å². The third kappa shape index (κ3) is 4.68. The van der Waals surface area contributed by atoms with Gasteiger partial charge in [0.15, 0.2) is 11.8 Å². The molecule has 1 aliphatic rings. The number of methoxy groups -OCH3 is 1. The molecule has 0 spiro atoms. The van der Waals surface area contributed by atoms with Crippen LogP contribution in [0.3, 0.4) is 0 Å². The first-order valence-corrected chi connectivity index (χ1v) is 7.08. The van der Waals surface area contributed by atoms with Gasteiger partial charge in [-0.1, -0.05) is 5.16 Å². The zero-order valence-corrected chi connectivity index (χ0v) is 12.8. The molecule has 118 valence electrons. The molecular weight excluding hydrogens is 274 g/mol. The molecule has 1 atom stereocenters. The Bertz CT molecular complexity index is 460. The van der Waals surface area contributed by atoms with Gasteiger partial charge in [0.25, 0.3) is 0 Å². The summed E-state index contributed by atoms with van der Waals surface area (Å²) in [6.07, 6.45) is 0.756. The topological polar surface area (TPSA) is 85.0 Å². The molecule has 1 unspecified atom stereocenters. The van der Waals surface area contributed by atoms with E-state index < -0.39 is 0 Å². The first-order valence-electron chi connectivity index (χ1n) is 7.08. The van der Waals surface area contributed by atoms with Crippen molar-refractivity contribution in [2.45, 2.75) is 19.4 Å². The highest BCUT2D eigenvalue weighted by atomic mass is 16.5. The van der Waals surface area contributed by atoms with E-state index in [1.165, 1.54) is 0 Å².